The van der Waals surface area contributed by atoms with E-state index >= 15 is 0 Å². The first-order valence-corrected chi connectivity index (χ1v) is 7.68. The highest BCUT2D eigenvalue weighted by Crippen LogP contribution is 2.24. The van der Waals surface area contributed by atoms with Gasteiger partial charge in [-0.25, -0.2) is 4.84 Å². The first kappa shape index (κ1) is 15.6. The maximum Gasteiger partial charge on any atom is 0.161 e. The molecule has 5 N–H and O–H groups in total. The Morgan fingerprint density at radius 3 is 2.70 bits per heavy atom. The summed E-state index contributed by atoms with van der Waals surface area (Å²) in [4.78, 5) is 8.26. The van der Waals surface area contributed by atoms with Gasteiger partial charge in [-0.1, -0.05) is 0 Å². The van der Waals surface area contributed by atoms with Gasteiger partial charge in [0.15, 0.2) is 5.69 Å². The normalized spacial score (nSPS) is 11.0. The molecule has 0 atom stereocenters. The van der Waals surface area contributed by atoms with E-state index in [1.165, 1.54) is 10.9 Å². The molecule has 0 aliphatic carbocycles. The summed E-state index contributed by atoms with van der Waals surface area (Å²) in [6.45, 7) is 1.18. The largest absolute Gasteiger partial charge is 0.489 e. The summed E-state index contributed by atoms with van der Waals surface area (Å²) in [7, 11) is 1.65. The van der Waals surface area contributed by atoms with Crippen molar-refractivity contribution in [2.75, 3.05) is 13.7 Å². The molecule has 2 aromatic carbocycles. The van der Waals surface area contributed by atoms with E-state index < -0.39 is 0 Å². The molecule has 23 heavy (non-hydrogen) atoms. The smallest absolute Gasteiger partial charge is 0.161 e. The number of ether oxygens (including phenoxy) is 1. The van der Waals surface area contributed by atoms with Crippen LogP contribution in [0.4, 0.5) is 5.69 Å². The fourth-order valence-electron chi connectivity index (χ4n) is 2.60. The second-order valence-corrected chi connectivity index (χ2v) is 5.44. The lowest BCUT2D eigenvalue weighted by atomic mass is 10.1. The molecule has 120 valence electrons. The molecule has 1 heterocycles. The zero-order valence-electron chi connectivity index (χ0n) is 13.2. The van der Waals surface area contributed by atoms with Crippen LogP contribution >= 0.6 is 0 Å². The van der Waals surface area contributed by atoms with E-state index in [9.17, 15) is 0 Å². The van der Waals surface area contributed by atoms with Crippen molar-refractivity contribution in [2.24, 2.45) is 5.73 Å². The molecular weight excluding hydrogens is 290 g/mol. The van der Waals surface area contributed by atoms with Crippen LogP contribution in [-0.2, 0) is 17.9 Å². The van der Waals surface area contributed by atoms with Crippen LogP contribution in [0.25, 0.3) is 10.9 Å². The average molecular weight is 312 g/mol. The minimum Gasteiger partial charge on any atom is -0.489 e. The van der Waals surface area contributed by atoms with Gasteiger partial charge in [0, 0.05) is 29.2 Å². The molecule has 3 aromatic rings. The summed E-state index contributed by atoms with van der Waals surface area (Å²) >= 11 is 0. The molecule has 0 unspecified atom stereocenters. The molecule has 0 bridgehead atoms. The van der Waals surface area contributed by atoms with Crippen LogP contribution in [0, 0.1) is 0 Å². The number of aromatic amines is 1. The molecule has 0 spiro atoms. The average Bonchev–Trinajstić information content (AvgIpc) is 2.97. The minimum atomic E-state index is 0.537. The van der Waals surface area contributed by atoms with E-state index in [2.05, 4.69) is 11.1 Å². The molecule has 5 heteroatoms. The third kappa shape index (κ3) is 3.71. The Bertz CT molecular complexity index is 766. The fourth-order valence-corrected chi connectivity index (χ4v) is 2.60. The molecule has 1 aromatic heterocycles. The SMILES string of the molecule is CO[NH2+]c1ccc(COc2ccc3[nH]cc(CCN)c3c2)cc1. The number of quaternary nitrogens is 1. The quantitative estimate of drug-likeness (QED) is 0.461. The molecule has 0 aliphatic heterocycles. The zero-order valence-corrected chi connectivity index (χ0v) is 13.2. The number of nitrogens with one attached hydrogen (secondary N) is 1. The zero-order chi connectivity index (χ0) is 16.1. The monoisotopic (exact) mass is 312 g/mol. The Labute approximate surface area is 135 Å². The summed E-state index contributed by atoms with van der Waals surface area (Å²) in [6, 6.07) is 14.2. The summed E-state index contributed by atoms with van der Waals surface area (Å²) < 4.78 is 5.92. The van der Waals surface area contributed by atoms with E-state index in [1.807, 2.05) is 42.6 Å². The van der Waals surface area contributed by atoms with Gasteiger partial charge in [-0.2, -0.15) is 5.48 Å². The molecule has 0 radical (unpaired) electrons. The second kappa shape index (κ2) is 7.28. The Morgan fingerprint density at radius 1 is 1.13 bits per heavy atom. The Morgan fingerprint density at radius 2 is 1.96 bits per heavy atom. The lowest BCUT2D eigenvalue weighted by Gasteiger charge is -2.07. The van der Waals surface area contributed by atoms with Crippen LogP contribution in [-0.4, -0.2) is 18.6 Å². The van der Waals surface area contributed by atoms with Crippen molar-refractivity contribution in [3.63, 3.8) is 0 Å². The topological polar surface area (TPSA) is 76.9 Å². The van der Waals surface area contributed by atoms with E-state index in [-0.39, 0.29) is 0 Å². The highest BCUT2D eigenvalue weighted by molar-refractivity contribution is 5.84. The summed E-state index contributed by atoms with van der Waals surface area (Å²) in [5.74, 6) is 0.864. The number of benzene rings is 2. The van der Waals surface area contributed by atoms with Crippen LogP contribution in [0.1, 0.15) is 11.1 Å². The van der Waals surface area contributed by atoms with Gasteiger partial charge in [-0.05, 0) is 54.4 Å². The molecule has 3 rings (SSSR count). The number of fused-ring (bicyclic) bond motifs is 1. The van der Waals surface area contributed by atoms with Crippen molar-refractivity contribution in [2.45, 2.75) is 13.0 Å². The van der Waals surface area contributed by atoms with Crippen LogP contribution in [0.5, 0.6) is 5.75 Å². The van der Waals surface area contributed by atoms with E-state index in [0.29, 0.717) is 13.2 Å². The van der Waals surface area contributed by atoms with Crippen molar-refractivity contribution in [3.05, 3.63) is 59.8 Å². The maximum absolute atomic E-state index is 5.92. The molecule has 0 saturated heterocycles. The summed E-state index contributed by atoms with van der Waals surface area (Å²) in [5, 5.41) is 1.18. The van der Waals surface area contributed by atoms with Crippen LogP contribution in [0.15, 0.2) is 48.7 Å². The lowest BCUT2D eigenvalue weighted by Crippen LogP contribution is -2.75. The van der Waals surface area contributed by atoms with Gasteiger partial charge in [0.05, 0.1) is 7.11 Å². The van der Waals surface area contributed by atoms with Crippen molar-refractivity contribution >= 4 is 16.6 Å². The number of rotatable bonds is 7. The van der Waals surface area contributed by atoms with Crippen molar-refractivity contribution in [3.8, 4) is 5.75 Å². The van der Waals surface area contributed by atoms with Gasteiger partial charge >= 0.3 is 0 Å². The van der Waals surface area contributed by atoms with Crippen molar-refractivity contribution < 1.29 is 15.1 Å². The first-order chi connectivity index (χ1) is 11.3. The predicted molar refractivity (Wildman–Crippen MR) is 90.4 cm³/mol. The Kier molecular flexibility index (Phi) is 4.92. The van der Waals surface area contributed by atoms with Crippen molar-refractivity contribution in [1.82, 2.24) is 4.98 Å². The van der Waals surface area contributed by atoms with Gasteiger partial charge in [0.1, 0.15) is 12.4 Å². The highest BCUT2D eigenvalue weighted by atomic mass is 16.6. The van der Waals surface area contributed by atoms with E-state index in [4.69, 9.17) is 15.3 Å². The highest BCUT2D eigenvalue weighted by Gasteiger charge is 2.05. The second-order valence-electron chi connectivity index (χ2n) is 5.44. The standard InChI is InChI=1S/C18H21N3O2/c1-22-21-15-4-2-13(3-5-15)12-23-16-6-7-18-17(10-16)14(8-9-19)11-20-18/h2-7,10-11,20-21H,8-9,12,19H2,1H3/p+1. The maximum atomic E-state index is 5.92. The molecule has 0 amide bonds. The van der Waals surface area contributed by atoms with Gasteiger partial charge in [0.2, 0.25) is 0 Å². The van der Waals surface area contributed by atoms with Crippen LogP contribution in [0.3, 0.4) is 0 Å². The number of hydrogen-bond donors (Lipinski definition) is 3. The predicted octanol–water partition coefficient (Wildman–Crippen LogP) is 2.00. The number of aromatic nitrogens is 1. The third-order valence-corrected chi connectivity index (χ3v) is 3.79. The minimum absolute atomic E-state index is 0.537. The summed E-state index contributed by atoms with van der Waals surface area (Å²) in [5.41, 5.74) is 11.9. The first-order valence-electron chi connectivity index (χ1n) is 7.68. The van der Waals surface area contributed by atoms with Gasteiger partial charge < -0.3 is 15.5 Å². The van der Waals surface area contributed by atoms with Crippen LogP contribution in [0.2, 0.25) is 0 Å². The number of nitrogens with two attached hydrogens (primary N) is 2. The third-order valence-electron chi connectivity index (χ3n) is 3.79. The molecule has 5 nitrogen and oxygen atoms in total. The number of hydrogen-bond acceptors (Lipinski definition) is 3. The van der Waals surface area contributed by atoms with Gasteiger partial charge in [0.25, 0.3) is 0 Å². The Balaban J connectivity index is 1.69. The molecule has 0 fully saturated rings. The van der Waals surface area contributed by atoms with Gasteiger partial charge in [-0.15, -0.1) is 0 Å². The van der Waals surface area contributed by atoms with Gasteiger partial charge in [-0.3, -0.25) is 0 Å². The van der Waals surface area contributed by atoms with Crippen LogP contribution < -0.4 is 16.0 Å². The van der Waals surface area contributed by atoms with Crippen molar-refractivity contribution in [1.29, 1.82) is 0 Å². The number of H-pyrrole nitrogens is 1. The summed E-state index contributed by atoms with van der Waals surface area (Å²) in [6.07, 6.45) is 2.88. The van der Waals surface area contributed by atoms with E-state index in [1.54, 1.807) is 12.6 Å². The molecule has 0 aliphatic rings. The van der Waals surface area contributed by atoms with E-state index in [0.717, 1.165) is 28.9 Å². The fraction of sp³-hybridized carbons (Fsp3) is 0.222. The molecule has 0 saturated carbocycles. The lowest BCUT2D eigenvalue weighted by molar-refractivity contribution is -0.830. The molecular formula is C18H22N3O2+. The Hall–Kier alpha value is -2.34.